The molecule has 1 rings (SSSR count). The summed E-state index contributed by atoms with van der Waals surface area (Å²) in [7, 11) is 0. The standard InChI is InChI=1S/C21H33F3OS/c22-21(23,24)20-14-12-19(13-15-20)11-8-6-4-2-1-3-5-7-9-17-26-18-10-16-25/h12-15,25H,1-11,16-18H2. The zero-order valence-corrected chi connectivity index (χ0v) is 16.5. The molecule has 1 N–H and O–H groups in total. The van der Waals surface area contributed by atoms with Crippen LogP contribution < -0.4 is 0 Å². The van der Waals surface area contributed by atoms with E-state index >= 15 is 0 Å². The summed E-state index contributed by atoms with van der Waals surface area (Å²) < 4.78 is 37.5. The van der Waals surface area contributed by atoms with Gasteiger partial charge in [-0.3, -0.25) is 0 Å². The first-order chi connectivity index (χ1) is 12.5. The van der Waals surface area contributed by atoms with E-state index in [1.165, 1.54) is 62.8 Å². The van der Waals surface area contributed by atoms with E-state index in [4.69, 9.17) is 5.11 Å². The SMILES string of the molecule is OCCCSCCCCCCCCCCCc1ccc(C(F)(F)F)cc1. The predicted molar refractivity (Wildman–Crippen MR) is 106 cm³/mol. The number of unbranched alkanes of at least 4 members (excludes halogenated alkanes) is 8. The molecule has 0 aliphatic carbocycles. The molecule has 0 spiro atoms. The molecule has 150 valence electrons. The van der Waals surface area contributed by atoms with Crippen LogP contribution in [0.15, 0.2) is 24.3 Å². The van der Waals surface area contributed by atoms with Gasteiger partial charge in [0.2, 0.25) is 0 Å². The molecule has 0 aliphatic rings. The molecule has 0 radical (unpaired) electrons. The van der Waals surface area contributed by atoms with Crippen molar-refractivity contribution in [2.45, 2.75) is 76.8 Å². The van der Waals surface area contributed by atoms with E-state index < -0.39 is 11.7 Å². The average molecular weight is 391 g/mol. The number of aryl methyl sites for hydroxylation is 1. The van der Waals surface area contributed by atoms with Crippen molar-refractivity contribution in [2.24, 2.45) is 0 Å². The molecule has 0 amide bonds. The number of hydrogen-bond acceptors (Lipinski definition) is 2. The van der Waals surface area contributed by atoms with E-state index in [2.05, 4.69) is 0 Å². The number of aliphatic hydroxyl groups is 1. The maximum absolute atomic E-state index is 12.5. The van der Waals surface area contributed by atoms with Crippen LogP contribution in [0.1, 0.15) is 75.3 Å². The average Bonchev–Trinajstić information content (AvgIpc) is 2.61. The summed E-state index contributed by atoms with van der Waals surface area (Å²) in [5.41, 5.74) is 0.430. The van der Waals surface area contributed by atoms with Crippen LogP contribution in [0.5, 0.6) is 0 Å². The van der Waals surface area contributed by atoms with Gasteiger partial charge in [-0.05, 0) is 54.9 Å². The highest BCUT2D eigenvalue weighted by molar-refractivity contribution is 7.99. The second kappa shape index (κ2) is 14.4. The number of hydrogen-bond donors (Lipinski definition) is 1. The lowest BCUT2D eigenvalue weighted by Gasteiger charge is -2.07. The van der Waals surface area contributed by atoms with Gasteiger partial charge in [0.25, 0.3) is 0 Å². The minimum absolute atomic E-state index is 0.303. The van der Waals surface area contributed by atoms with Gasteiger partial charge in [0.1, 0.15) is 0 Å². The third-order valence-corrected chi connectivity index (χ3v) is 5.64. The van der Waals surface area contributed by atoms with E-state index in [1.54, 1.807) is 12.1 Å². The Bertz CT molecular complexity index is 446. The summed E-state index contributed by atoms with van der Waals surface area (Å²) in [6, 6.07) is 5.57. The van der Waals surface area contributed by atoms with Crippen molar-refractivity contribution in [1.29, 1.82) is 0 Å². The molecular weight excluding hydrogens is 357 g/mol. The van der Waals surface area contributed by atoms with Gasteiger partial charge in [0.15, 0.2) is 0 Å². The summed E-state index contributed by atoms with van der Waals surface area (Å²) in [4.78, 5) is 0. The second-order valence-electron chi connectivity index (χ2n) is 6.82. The maximum Gasteiger partial charge on any atom is 0.416 e. The first-order valence-electron chi connectivity index (χ1n) is 9.89. The highest BCUT2D eigenvalue weighted by Crippen LogP contribution is 2.29. The Morgan fingerprint density at radius 2 is 1.19 bits per heavy atom. The van der Waals surface area contributed by atoms with E-state index in [0.29, 0.717) is 6.61 Å². The molecule has 0 heterocycles. The monoisotopic (exact) mass is 390 g/mol. The predicted octanol–water partition coefficient (Wildman–Crippen LogP) is 6.87. The number of alkyl halides is 3. The summed E-state index contributed by atoms with van der Waals surface area (Å²) in [5.74, 6) is 2.28. The van der Waals surface area contributed by atoms with Crippen LogP contribution in [-0.4, -0.2) is 23.2 Å². The second-order valence-corrected chi connectivity index (χ2v) is 8.04. The zero-order chi connectivity index (χ0) is 19.1. The molecule has 0 unspecified atom stereocenters. The van der Waals surface area contributed by atoms with Crippen molar-refractivity contribution in [1.82, 2.24) is 0 Å². The molecule has 5 heteroatoms. The summed E-state index contributed by atoms with van der Waals surface area (Å²) in [5, 5.41) is 8.69. The largest absolute Gasteiger partial charge is 0.416 e. The molecule has 0 fully saturated rings. The minimum atomic E-state index is -4.24. The molecule has 1 aromatic rings. The van der Waals surface area contributed by atoms with Crippen LogP contribution in [0, 0.1) is 0 Å². The van der Waals surface area contributed by atoms with E-state index in [0.717, 1.165) is 37.0 Å². The van der Waals surface area contributed by atoms with Gasteiger partial charge < -0.3 is 5.11 Å². The number of aliphatic hydroxyl groups excluding tert-OH is 1. The fourth-order valence-corrected chi connectivity index (χ4v) is 3.85. The van der Waals surface area contributed by atoms with Gasteiger partial charge in [-0.15, -0.1) is 0 Å². The van der Waals surface area contributed by atoms with E-state index in [9.17, 15) is 13.2 Å². The Morgan fingerprint density at radius 3 is 1.73 bits per heavy atom. The summed E-state index contributed by atoms with van der Waals surface area (Å²) in [6.07, 6.45) is 8.72. The maximum atomic E-state index is 12.5. The molecule has 0 bridgehead atoms. The molecule has 26 heavy (non-hydrogen) atoms. The number of benzene rings is 1. The Balaban J connectivity index is 1.89. The quantitative estimate of drug-likeness (QED) is 0.330. The molecule has 0 saturated carbocycles. The van der Waals surface area contributed by atoms with Crippen molar-refractivity contribution in [2.75, 3.05) is 18.1 Å². The fourth-order valence-electron chi connectivity index (χ4n) is 2.90. The van der Waals surface area contributed by atoms with Crippen LogP contribution in [-0.2, 0) is 12.6 Å². The molecule has 0 atom stereocenters. The van der Waals surface area contributed by atoms with Gasteiger partial charge in [0, 0.05) is 6.61 Å². The Morgan fingerprint density at radius 1 is 0.692 bits per heavy atom. The molecule has 0 aromatic heterocycles. The van der Waals surface area contributed by atoms with E-state index in [1.807, 2.05) is 11.8 Å². The Labute approximate surface area is 160 Å². The minimum Gasteiger partial charge on any atom is -0.396 e. The lowest BCUT2D eigenvalue weighted by Crippen LogP contribution is -2.04. The highest BCUT2D eigenvalue weighted by Gasteiger charge is 2.29. The summed E-state index contributed by atoms with van der Waals surface area (Å²) in [6.45, 7) is 0.303. The molecule has 1 aromatic carbocycles. The fraction of sp³-hybridized carbons (Fsp3) is 0.714. The van der Waals surface area contributed by atoms with Crippen molar-refractivity contribution in [3.63, 3.8) is 0 Å². The number of halogens is 3. The van der Waals surface area contributed by atoms with E-state index in [-0.39, 0.29) is 0 Å². The third-order valence-electron chi connectivity index (χ3n) is 4.48. The number of rotatable bonds is 15. The Kier molecular flexibility index (Phi) is 12.9. The van der Waals surface area contributed by atoms with Crippen LogP contribution in [0.2, 0.25) is 0 Å². The topological polar surface area (TPSA) is 20.2 Å². The van der Waals surface area contributed by atoms with Crippen molar-refractivity contribution >= 4 is 11.8 Å². The highest BCUT2D eigenvalue weighted by atomic mass is 32.2. The van der Waals surface area contributed by atoms with Crippen molar-refractivity contribution in [3.05, 3.63) is 35.4 Å². The summed E-state index contributed by atoms with van der Waals surface area (Å²) >= 11 is 1.94. The normalized spacial score (nSPS) is 11.8. The molecule has 0 aliphatic heterocycles. The van der Waals surface area contributed by atoms with Gasteiger partial charge in [0.05, 0.1) is 5.56 Å². The van der Waals surface area contributed by atoms with Crippen LogP contribution in [0.4, 0.5) is 13.2 Å². The smallest absolute Gasteiger partial charge is 0.396 e. The lowest BCUT2D eigenvalue weighted by molar-refractivity contribution is -0.137. The number of thioether (sulfide) groups is 1. The first kappa shape index (κ1) is 23.4. The van der Waals surface area contributed by atoms with Crippen molar-refractivity contribution in [3.8, 4) is 0 Å². The molecule has 1 nitrogen and oxygen atoms in total. The van der Waals surface area contributed by atoms with Crippen LogP contribution in [0.25, 0.3) is 0 Å². The van der Waals surface area contributed by atoms with Gasteiger partial charge in [-0.1, -0.05) is 57.1 Å². The first-order valence-corrected chi connectivity index (χ1v) is 11.0. The van der Waals surface area contributed by atoms with Gasteiger partial charge in [-0.25, -0.2) is 0 Å². The Hall–Kier alpha value is -0.680. The molecular formula is C21H33F3OS. The van der Waals surface area contributed by atoms with Gasteiger partial charge >= 0.3 is 6.18 Å². The third kappa shape index (κ3) is 11.8. The lowest BCUT2D eigenvalue weighted by atomic mass is 10.0. The van der Waals surface area contributed by atoms with Crippen molar-refractivity contribution < 1.29 is 18.3 Å². The van der Waals surface area contributed by atoms with Gasteiger partial charge in [-0.2, -0.15) is 24.9 Å². The molecule has 0 saturated heterocycles. The van der Waals surface area contributed by atoms with Crippen LogP contribution in [0.3, 0.4) is 0 Å². The van der Waals surface area contributed by atoms with Crippen LogP contribution >= 0.6 is 11.8 Å². The zero-order valence-electron chi connectivity index (χ0n) is 15.7.